The lowest BCUT2D eigenvalue weighted by atomic mass is 10.1. The van der Waals surface area contributed by atoms with Crippen LogP contribution in [0.3, 0.4) is 0 Å². The molecule has 0 radical (unpaired) electrons. The Hall–Kier alpha value is -1.33. The fraction of sp³-hybridized carbons (Fsp3) is 0.154. The van der Waals surface area contributed by atoms with E-state index in [1.807, 2.05) is 18.4 Å². The first kappa shape index (κ1) is 13.1. The number of carbonyl (C=O) groups excluding carboxylic acids is 1. The second-order valence-electron chi connectivity index (χ2n) is 3.61. The third-order valence-corrected chi connectivity index (χ3v) is 4.23. The minimum absolute atomic E-state index is 0.0355. The standard InChI is InChI=1S/C13H12BrNO2S/c1-2-17-11-4-3-8(7-10(11)15)12(16)13-9(14)5-6-18-13/h3-7H,2,15H2,1H3. The van der Waals surface area contributed by atoms with Crippen LogP contribution in [-0.2, 0) is 0 Å². The van der Waals surface area contributed by atoms with Gasteiger partial charge in [-0.3, -0.25) is 4.79 Å². The predicted molar refractivity (Wildman–Crippen MR) is 77.5 cm³/mol. The molecule has 0 spiro atoms. The van der Waals surface area contributed by atoms with Crippen molar-refractivity contribution in [2.24, 2.45) is 0 Å². The van der Waals surface area contributed by atoms with E-state index >= 15 is 0 Å². The molecular formula is C13H12BrNO2S. The Kier molecular flexibility index (Phi) is 4.04. The maximum Gasteiger partial charge on any atom is 0.204 e. The molecule has 5 heteroatoms. The average molecular weight is 326 g/mol. The third kappa shape index (κ3) is 2.57. The monoisotopic (exact) mass is 325 g/mol. The van der Waals surface area contributed by atoms with Crippen molar-refractivity contribution in [1.29, 1.82) is 0 Å². The molecule has 0 saturated heterocycles. The lowest BCUT2D eigenvalue weighted by Crippen LogP contribution is -2.03. The number of ketones is 1. The van der Waals surface area contributed by atoms with E-state index in [9.17, 15) is 4.79 Å². The summed E-state index contributed by atoms with van der Waals surface area (Å²) in [7, 11) is 0. The van der Waals surface area contributed by atoms with Gasteiger partial charge in [0.05, 0.1) is 17.2 Å². The molecule has 0 atom stereocenters. The van der Waals surface area contributed by atoms with E-state index in [0.29, 0.717) is 28.5 Å². The summed E-state index contributed by atoms with van der Waals surface area (Å²) in [6.45, 7) is 2.44. The van der Waals surface area contributed by atoms with Gasteiger partial charge >= 0.3 is 0 Å². The fourth-order valence-electron chi connectivity index (χ4n) is 1.56. The quantitative estimate of drug-likeness (QED) is 0.688. The highest BCUT2D eigenvalue weighted by Crippen LogP contribution is 2.28. The molecule has 0 aliphatic heterocycles. The summed E-state index contributed by atoms with van der Waals surface area (Å²) in [6, 6.07) is 6.97. The van der Waals surface area contributed by atoms with Gasteiger partial charge in [0.1, 0.15) is 5.75 Å². The number of nitrogen functional groups attached to an aromatic ring is 1. The molecule has 0 fully saturated rings. The van der Waals surface area contributed by atoms with Crippen LogP contribution in [0.15, 0.2) is 34.1 Å². The van der Waals surface area contributed by atoms with E-state index in [0.717, 1.165) is 4.47 Å². The largest absolute Gasteiger partial charge is 0.492 e. The van der Waals surface area contributed by atoms with Crippen LogP contribution in [0.4, 0.5) is 5.69 Å². The Labute approximate surface area is 118 Å². The van der Waals surface area contributed by atoms with E-state index in [4.69, 9.17) is 10.5 Å². The number of nitrogens with two attached hydrogens (primary N) is 1. The second-order valence-corrected chi connectivity index (χ2v) is 5.38. The zero-order valence-electron chi connectivity index (χ0n) is 9.77. The van der Waals surface area contributed by atoms with E-state index in [1.165, 1.54) is 11.3 Å². The van der Waals surface area contributed by atoms with Crippen LogP contribution >= 0.6 is 27.3 Å². The molecule has 0 unspecified atom stereocenters. The van der Waals surface area contributed by atoms with E-state index in [-0.39, 0.29) is 5.78 Å². The zero-order valence-corrected chi connectivity index (χ0v) is 12.2. The average Bonchev–Trinajstić information content (AvgIpc) is 2.77. The van der Waals surface area contributed by atoms with Crippen molar-refractivity contribution >= 4 is 38.7 Å². The summed E-state index contributed by atoms with van der Waals surface area (Å²) in [5, 5.41) is 1.87. The van der Waals surface area contributed by atoms with Crippen LogP contribution in [0.25, 0.3) is 0 Å². The Morgan fingerprint density at radius 3 is 2.78 bits per heavy atom. The summed E-state index contributed by atoms with van der Waals surface area (Å²) in [4.78, 5) is 12.9. The highest BCUT2D eigenvalue weighted by atomic mass is 79.9. The number of thiophene rings is 1. The Morgan fingerprint density at radius 1 is 1.44 bits per heavy atom. The number of halogens is 1. The number of anilines is 1. The van der Waals surface area contributed by atoms with Crippen LogP contribution in [-0.4, -0.2) is 12.4 Å². The summed E-state index contributed by atoms with van der Waals surface area (Å²) in [5.41, 5.74) is 6.90. The van der Waals surface area contributed by atoms with E-state index in [2.05, 4.69) is 15.9 Å². The van der Waals surface area contributed by atoms with Crippen molar-refractivity contribution in [1.82, 2.24) is 0 Å². The van der Waals surface area contributed by atoms with Gasteiger partial charge in [-0.05, 0) is 52.5 Å². The van der Waals surface area contributed by atoms with E-state index < -0.39 is 0 Å². The lowest BCUT2D eigenvalue weighted by Gasteiger charge is -2.08. The highest BCUT2D eigenvalue weighted by molar-refractivity contribution is 9.10. The van der Waals surface area contributed by atoms with Crippen LogP contribution in [0.5, 0.6) is 5.75 Å². The van der Waals surface area contributed by atoms with Crippen LogP contribution in [0, 0.1) is 0 Å². The maximum atomic E-state index is 12.2. The van der Waals surface area contributed by atoms with Gasteiger partial charge in [-0.1, -0.05) is 0 Å². The molecule has 2 rings (SSSR count). The maximum absolute atomic E-state index is 12.2. The van der Waals surface area contributed by atoms with Crippen molar-refractivity contribution in [2.75, 3.05) is 12.3 Å². The van der Waals surface area contributed by atoms with Crippen LogP contribution < -0.4 is 10.5 Å². The molecule has 1 heterocycles. The third-order valence-electron chi connectivity index (χ3n) is 2.40. The second kappa shape index (κ2) is 5.54. The Bertz CT molecular complexity index is 580. The molecule has 0 amide bonds. The Balaban J connectivity index is 2.32. The van der Waals surface area contributed by atoms with Gasteiger partial charge in [0, 0.05) is 10.0 Å². The Morgan fingerprint density at radius 2 is 2.22 bits per heavy atom. The molecule has 94 valence electrons. The van der Waals surface area contributed by atoms with Crippen molar-refractivity contribution in [3.05, 3.63) is 44.6 Å². The molecule has 0 aliphatic carbocycles. The lowest BCUT2D eigenvalue weighted by molar-refractivity contribution is 0.104. The van der Waals surface area contributed by atoms with Crippen molar-refractivity contribution < 1.29 is 9.53 Å². The fourth-order valence-corrected chi connectivity index (χ4v) is 3.08. The zero-order chi connectivity index (χ0) is 13.1. The number of benzene rings is 1. The number of rotatable bonds is 4. The van der Waals surface area contributed by atoms with Crippen LogP contribution in [0.1, 0.15) is 22.2 Å². The van der Waals surface area contributed by atoms with Crippen molar-refractivity contribution in [3.8, 4) is 5.75 Å². The summed E-state index contributed by atoms with van der Waals surface area (Å²) in [5.74, 6) is 0.575. The van der Waals surface area contributed by atoms with Crippen molar-refractivity contribution in [2.45, 2.75) is 6.92 Å². The van der Waals surface area contributed by atoms with Gasteiger partial charge in [-0.25, -0.2) is 0 Å². The molecule has 2 aromatic rings. The smallest absolute Gasteiger partial charge is 0.204 e. The molecule has 0 saturated carbocycles. The summed E-state index contributed by atoms with van der Waals surface area (Å²) >= 11 is 4.76. The van der Waals surface area contributed by atoms with Gasteiger partial charge in [-0.15, -0.1) is 11.3 Å². The first-order chi connectivity index (χ1) is 8.63. The normalized spacial score (nSPS) is 10.3. The van der Waals surface area contributed by atoms with Gasteiger partial charge in [0.2, 0.25) is 5.78 Å². The molecule has 0 aliphatic rings. The van der Waals surface area contributed by atoms with Gasteiger partial charge in [-0.2, -0.15) is 0 Å². The molecule has 1 aromatic heterocycles. The van der Waals surface area contributed by atoms with Crippen LogP contribution in [0.2, 0.25) is 0 Å². The molecule has 0 bridgehead atoms. The first-order valence-electron chi connectivity index (χ1n) is 5.43. The highest BCUT2D eigenvalue weighted by Gasteiger charge is 2.15. The van der Waals surface area contributed by atoms with Gasteiger partial charge in [0.15, 0.2) is 0 Å². The number of carbonyl (C=O) groups is 1. The molecule has 1 aromatic carbocycles. The van der Waals surface area contributed by atoms with Crippen molar-refractivity contribution in [3.63, 3.8) is 0 Å². The minimum atomic E-state index is -0.0355. The number of ether oxygens (including phenoxy) is 1. The van der Waals surface area contributed by atoms with E-state index in [1.54, 1.807) is 18.2 Å². The topological polar surface area (TPSA) is 52.3 Å². The van der Waals surface area contributed by atoms with Gasteiger partial charge < -0.3 is 10.5 Å². The molecular weight excluding hydrogens is 314 g/mol. The molecule has 3 nitrogen and oxygen atoms in total. The predicted octanol–water partition coefficient (Wildman–Crippen LogP) is 3.72. The number of hydrogen-bond acceptors (Lipinski definition) is 4. The summed E-state index contributed by atoms with van der Waals surface area (Å²) in [6.07, 6.45) is 0. The number of hydrogen-bond donors (Lipinski definition) is 1. The molecule has 2 N–H and O–H groups in total. The SMILES string of the molecule is CCOc1ccc(C(=O)c2sccc2Br)cc1N. The summed E-state index contributed by atoms with van der Waals surface area (Å²) < 4.78 is 6.15. The minimum Gasteiger partial charge on any atom is -0.492 e. The first-order valence-corrected chi connectivity index (χ1v) is 7.10. The van der Waals surface area contributed by atoms with Gasteiger partial charge in [0.25, 0.3) is 0 Å². The molecule has 18 heavy (non-hydrogen) atoms.